The minimum absolute atomic E-state index is 1.02. The smallest absolute Gasteiger partial charge is 0.0116 e. The van der Waals surface area contributed by atoms with Gasteiger partial charge in [0.2, 0.25) is 0 Å². The Labute approximate surface area is 56.1 Å². The molecular weight excluding hydrogens is 114 g/mol. The molecule has 0 aromatic heterocycles. The first kappa shape index (κ1) is 6.99. The van der Waals surface area contributed by atoms with Gasteiger partial charge in [-0.2, -0.15) is 5.53 Å². The fourth-order valence-corrected chi connectivity index (χ4v) is 0.841. The Balaban J connectivity index is 2.02. The highest BCUT2D eigenvalue weighted by atomic mass is 15.6. The van der Waals surface area contributed by atoms with Crippen molar-refractivity contribution in [2.24, 2.45) is 0 Å². The van der Waals surface area contributed by atoms with Crippen LogP contribution in [0.1, 0.15) is 19.3 Å². The summed E-state index contributed by atoms with van der Waals surface area (Å²) < 4.78 is 0. The summed E-state index contributed by atoms with van der Waals surface area (Å²) in [6.07, 6.45) is 5.95. The zero-order valence-corrected chi connectivity index (χ0v) is 5.61. The van der Waals surface area contributed by atoms with Crippen molar-refractivity contribution in [3.8, 4) is 0 Å². The van der Waals surface area contributed by atoms with E-state index in [-0.39, 0.29) is 0 Å². The number of hydrogen-bond donors (Lipinski definition) is 3. The second-order valence-corrected chi connectivity index (χ2v) is 2.20. The van der Waals surface area contributed by atoms with Crippen LogP contribution in [0.4, 0.5) is 0 Å². The molecule has 1 aliphatic heterocycles. The molecule has 3 N–H and O–H groups in total. The highest BCUT2D eigenvalue weighted by molar-refractivity contribution is 4.66. The first-order valence-corrected chi connectivity index (χ1v) is 3.52. The van der Waals surface area contributed by atoms with Crippen LogP contribution in [0.25, 0.3) is 0 Å². The molecule has 0 aliphatic carbocycles. The van der Waals surface area contributed by atoms with Crippen molar-refractivity contribution in [1.29, 1.82) is 0 Å². The van der Waals surface area contributed by atoms with Gasteiger partial charge in [0.05, 0.1) is 0 Å². The van der Waals surface area contributed by atoms with Gasteiger partial charge in [0.15, 0.2) is 0 Å². The van der Waals surface area contributed by atoms with Crippen molar-refractivity contribution >= 4 is 0 Å². The Kier molecular flexibility index (Phi) is 3.68. The number of rotatable bonds is 0. The van der Waals surface area contributed by atoms with E-state index in [2.05, 4.69) is 22.8 Å². The predicted octanol–water partition coefficient (Wildman–Crippen LogP) is -0.0266. The fourth-order valence-electron chi connectivity index (χ4n) is 0.841. The second kappa shape index (κ2) is 4.73. The van der Waals surface area contributed by atoms with E-state index in [0.717, 1.165) is 19.5 Å². The molecule has 1 fully saturated rings. The summed E-state index contributed by atoms with van der Waals surface area (Å²) in [6.45, 7) is 2.07. The van der Waals surface area contributed by atoms with E-state index in [1.807, 2.05) is 0 Å². The number of hydrazine groups is 2. The van der Waals surface area contributed by atoms with Crippen LogP contribution < -0.4 is 16.4 Å². The van der Waals surface area contributed by atoms with Crippen LogP contribution in [0.15, 0.2) is 0 Å². The van der Waals surface area contributed by atoms with Crippen molar-refractivity contribution in [3.63, 3.8) is 0 Å². The summed E-state index contributed by atoms with van der Waals surface area (Å²) in [5.41, 5.74) is 8.99. The molecular formula is C6H14N3. The average Bonchev–Trinajstić information content (AvgIpc) is 2.00. The van der Waals surface area contributed by atoms with Crippen LogP contribution in [-0.2, 0) is 0 Å². The van der Waals surface area contributed by atoms with Gasteiger partial charge in [0.1, 0.15) is 0 Å². The van der Waals surface area contributed by atoms with E-state index in [4.69, 9.17) is 0 Å². The standard InChI is InChI=1S/C6H14N3/c1-2-4-6-8-9-7-5-3-1/h1,7-9H,2-6H2. The maximum absolute atomic E-state index is 3.05. The molecule has 0 amide bonds. The van der Waals surface area contributed by atoms with Crippen LogP contribution in [-0.4, -0.2) is 13.1 Å². The molecule has 0 saturated carbocycles. The molecule has 0 aromatic rings. The lowest BCUT2D eigenvalue weighted by atomic mass is 10.2. The van der Waals surface area contributed by atoms with E-state index in [1.165, 1.54) is 12.8 Å². The highest BCUT2D eigenvalue weighted by Crippen LogP contribution is 1.96. The first-order chi connectivity index (χ1) is 4.50. The van der Waals surface area contributed by atoms with Crippen LogP contribution in [0.2, 0.25) is 0 Å². The molecule has 1 radical (unpaired) electrons. The molecule has 1 heterocycles. The second-order valence-electron chi connectivity index (χ2n) is 2.20. The highest BCUT2D eigenvalue weighted by Gasteiger charge is 1.93. The maximum atomic E-state index is 3.05. The van der Waals surface area contributed by atoms with Crippen LogP contribution in [0.3, 0.4) is 0 Å². The van der Waals surface area contributed by atoms with Crippen molar-refractivity contribution < 1.29 is 0 Å². The largest absolute Gasteiger partial charge is 0.244 e. The molecule has 53 valence electrons. The summed E-state index contributed by atoms with van der Waals surface area (Å²) in [7, 11) is 0. The monoisotopic (exact) mass is 128 g/mol. The molecule has 0 bridgehead atoms. The molecule has 0 spiro atoms. The fraction of sp³-hybridized carbons (Fsp3) is 0.833. The summed E-state index contributed by atoms with van der Waals surface area (Å²) in [5.74, 6) is 0. The summed E-state index contributed by atoms with van der Waals surface area (Å²) in [5, 5.41) is 0. The first-order valence-electron chi connectivity index (χ1n) is 3.52. The molecule has 0 unspecified atom stereocenters. The van der Waals surface area contributed by atoms with Gasteiger partial charge < -0.3 is 0 Å². The van der Waals surface area contributed by atoms with Gasteiger partial charge in [-0.1, -0.05) is 0 Å². The quantitative estimate of drug-likeness (QED) is 0.429. The van der Waals surface area contributed by atoms with Gasteiger partial charge in [-0.15, -0.1) is 0 Å². The lowest BCUT2D eigenvalue weighted by Crippen LogP contribution is -2.43. The van der Waals surface area contributed by atoms with Crippen molar-refractivity contribution in [2.45, 2.75) is 19.3 Å². The molecule has 0 aromatic carbocycles. The Morgan fingerprint density at radius 3 is 2.89 bits per heavy atom. The molecule has 0 atom stereocenters. The van der Waals surface area contributed by atoms with Gasteiger partial charge >= 0.3 is 0 Å². The lowest BCUT2D eigenvalue weighted by Gasteiger charge is -2.03. The van der Waals surface area contributed by atoms with E-state index in [0.29, 0.717) is 0 Å². The van der Waals surface area contributed by atoms with E-state index < -0.39 is 0 Å². The van der Waals surface area contributed by atoms with Gasteiger partial charge in [-0.3, -0.25) is 0 Å². The molecule has 9 heavy (non-hydrogen) atoms. The predicted molar refractivity (Wildman–Crippen MR) is 37.3 cm³/mol. The lowest BCUT2D eigenvalue weighted by molar-refractivity contribution is 0.443. The van der Waals surface area contributed by atoms with Crippen LogP contribution in [0, 0.1) is 6.42 Å². The summed E-state index contributed by atoms with van der Waals surface area (Å²) in [4.78, 5) is 0. The Morgan fingerprint density at radius 1 is 1.00 bits per heavy atom. The Morgan fingerprint density at radius 2 is 1.89 bits per heavy atom. The van der Waals surface area contributed by atoms with E-state index in [1.54, 1.807) is 0 Å². The SMILES string of the molecule is [CH]1CCCNNNCC1. The van der Waals surface area contributed by atoms with Gasteiger partial charge in [0, 0.05) is 13.1 Å². The molecule has 3 heteroatoms. The molecule has 3 nitrogen and oxygen atoms in total. The normalized spacial score (nSPS) is 24.0. The average molecular weight is 128 g/mol. The topological polar surface area (TPSA) is 36.1 Å². The molecule has 1 aliphatic rings. The van der Waals surface area contributed by atoms with E-state index >= 15 is 0 Å². The third-order valence-corrected chi connectivity index (χ3v) is 1.36. The minimum atomic E-state index is 1.02. The third-order valence-electron chi connectivity index (χ3n) is 1.36. The number of nitrogens with one attached hydrogen (secondary N) is 3. The Bertz CT molecular complexity index is 36.8. The zero-order chi connectivity index (χ0) is 6.36. The van der Waals surface area contributed by atoms with Gasteiger partial charge in [-0.25, -0.2) is 10.9 Å². The molecule has 1 saturated heterocycles. The maximum Gasteiger partial charge on any atom is 0.0116 e. The Hall–Kier alpha value is -0.120. The van der Waals surface area contributed by atoms with E-state index in [9.17, 15) is 0 Å². The summed E-state index contributed by atoms with van der Waals surface area (Å²) in [6, 6.07) is 0. The van der Waals surface area contributed by atoms with Crippen LogP contribution in [0.5, 0.6) is 0 Å². The zero-order valence-electron chi connectivity index (χ0n) is 5.61. The van der Waals surface area contributed by atoms with Gasteiger partial charge in [0.25, 0.3) is 0 Å². The number of hydrogen-bond acceptors (Lipinski definition) is 3. The van der Waals surface area contributed by atoms with Crippen molar-refractivity contribution in [1.82, 2.24) is 16.4 Å². The van der Waals surface area contributed by atoms with Crippen LogP contribution >= 0.6 is 0 Å². The van der Waals surface area contributed by atoms with Gasteiger partial charge in [-0.05, 0) is 25.7 Å². The molecule has 1 rings (SSSR count). The minimum Gasteiger partial charge on any atom is -0.244 e. The third kappa shape index (κ3) is 3.46. The summed E-state index contributed by atoms with van der Waals surface area (Å²) >= 11 is 0. The van der Waals surface area contributed by atoms with Crippen molar-refractivity contribution in [2.75, 3.05) is 13.1 Å². The van der Waals surface area contributed by atoms with Crippen molar-refractivity contribution in [3.05, 3.63) is 6.42 Å².